The first-order valence-electron chi connectivity index (χ1n) is 7.88. The molecule has 0 saturated carbocycles. The zero-order valence-corrected chi connectivity index (χ0v) is 13.9. The summed E-state index contributed by atoms with van der Waals surface area (Å²) in [6, 6.07) is 9.70. The number of aliphatic hydroxyl groups is 1. The van der Waals surface area contributed by atoms with Gasteiger partial charge in [0.15, 0.2) is 12.3 Å². The number of nitrogens with zero attached hydrogens (tertiary/aromatic N) is 2. The molecule has 9 heteroatoms. The van der Waals surface area contributed by atoms with Gasteiger partial charge in [-0.25, -0.2) is 9.59 Å². The van der Waals surface area contributed by atoms with Crippen molar-refractivity contribution in [3.05, 3.63) is 58.6 Å². The van der Waals surface area contributed by atoms with Crippen LogP contribution in [0.3, 0.4) is 0 Å². The number of carbonyl (C=O) groups excluding carboxylic acids is 2. The Bertz CT molecular complexity index is 866. The van der Waals surface area contributed by atoms with E-state index in [0.717, 1.165) is 4.57 Å². The first-order chi connectivity index (χ1) is 12.5. The highest BCUT2D eigenvalue weighted by Gasteiger charge is 2.41. The number of aliphatic hydroxyl groups excluding tert-OH is 1. The molecule has 2 aromatic rings. The van der Waals surface area contributed by atoms with Crippen molar-refractivity contribution in [2.75, 3.05) is 11.9 Å². The predicted molar refractivity (Wildman–Crippen MR) is 89.4 cm³/mol. The molecule has 0 aliphatic carbocycles. The quantitative estimate of drug-likeness (QED) is 0.754. The van der Waals surface area contributed by atoms with Gasteiger partial charge < -0.3 is 19.9 Å². The van der Waals surface area contributed by atoms with Gasteiger partial charge in [0, 0.05) is 13.1 Å². The number of anilines is 1. The molecule has 2 N–H and O–H groups in total. The molecule has 1 aliphatic rings. The fourth-order valence-electron chi connectivity index (χ4n) is 2.57. The standard InChI is InChI=1S/C17H17N3O6/c1-10(21)18-13-7-8-20(17(24)19-13)15-14(12(22)9-25-15)26-16(23)11-5-3-2-4-6-11/h2-8,12,14-15,22H,9H2,1H3,(H,18,19,21,24)/t12?,14?,15-/m1/s1. The van der Waals surface area contributed by atoms with Gasteiger partial charge in [0.05, 0.1) is 12.2 Å². The third-order valence-electron chi connectivity index (χ3n) is 3.76. The Kier molecular flexibility index (Phi) is 5.10. The van der Waals surface area contributed by atoms with E-state index >= 15 is 0 Å². The average Bonchev–Trinajstić information content (AvgIpc) is 2.96. The van der Waals surface area contributed by atoms with E-state index in [1.165, 1.54) is 19.2 Å². The van der Waals surface area contributed by atoms with Crippen molar-refractivity contribution in [3.8, 4) is 0 Å². The molecule has 3 rings (SSSR count). The Morgan fingerprint density at radius 1 is 1.31 bits per heavy atom. The lowest BCUT2D eigenvalue weighted by Gasteiger charge is -2.22. The molecule has 1 aliphatic heterocycles. The van der Waals surface area contributed by atoms with Crippen LogP contribution in [0.4, 0.5) is 5.82 Å². The van der Waals surface area contributed by atoms with Crippen LogP contribution in [-0.4, -0.2) is 45.3 Å². The number of amides is 1. The Balaban J connectivity index is 1.81. The van der Waals surface area contributed by atoms with Crippen LogP contribution >= 0.6 is 0 Å². The summed E-state index contributed by atoms with van der Waals surface area (Å²) in [6.45, 7) is 1.19. The molecule has 3 atom stereocenters. The van der Waals surface area contributed by atoms with Crippen LogP contribution in [0.15, 0.2) is 47.4 Å². The molecular weight excluding hydrogens is 342 g/mol. The van der Waals surface area contributed by atoms with E-state index in [1.807, 2.05) is 0 Å². The molecule has 1 saturated heterocycles. The lowest BCUT2D eigenvalue weighted by atomic mass is 10.2. The van der Waals surface area contributed by atoms with E-state index < -0.39 is 30.1 Å². The van der Waals surface area contributed by atoms with Crippen molar-refractivity contribution in [1.82, 2.24) is 9.55 Å². The van der Waals surface area contributed by atoms with Crippen molar-refractivity contribution < 1.29 is 24.2 Å². The summed E-state index contributed by atoms with van der Waals surface area (Å²) in [5, 5.41) is 12.5. The van der Waals surface area contributed by atoms with Gasteiger partial charge in [-0.15, -0.1) is 0 Å². The number of ether oxygens (including phenoxy) is 2. The molecule has 2 heterocycles. The van der Waals surface area contributed by atoms with Crippen molar-refractivity contribution in [3.63, 3.8) is 0 Å². The number of carbonyl (C=O) groups is 2. The normalized spacial score (nSPS) is 22.0. The molecule has 1 aromatic carbocycles. The molecule has 26 heavy (non-hydrogen) atoms. The summed E-state index contributed by atoms with van der Waals surface area (Å²) in [4.78, 5) is 39.2. The number of nitrogens with one attached hydrogen (secondary N) is 1. The van der Waals surface area contributed by atoms with Crippen LogP contribution in [0.25, 0.3) is 0 Å². The lowest BCUT2D eigenvalue weighted by Crippen LogP contribution is -2.38. The van der Waals surface area contributed by atoms with Gasteiger partial charge in [0.1, 0.15) is 11.9 Å². The van der Waals surface area contributed by atoms with Gasteiger partial charge in [-0.05, 0) is 18.2 Å². The Morgan fingerprint density at radius 2 is 2.04 bits per heavy atom. The van der Waals surface area contributed by atoms with Crippen LogP contribution < -0.4 is 11.0 Å². The molecule has 0 radical (unpaired) electrons. The molecular formula is C17H17N3O6. The molecule has 136 valence electrons. The molecule has 0 spiro atoms. The minimum atomic E-state index is -1.09. The summed E-state index contributed by atoms with van der Waals surface area (Å²) >= 11 is 0. The highest BCUT2D eigenvalue weighted by atomic mass is 16.6. The molecule has 1 aromatic heterocycles. The Hall–Kier alpha value is -3.04. The fourth-order valence-corrected chi connectivity index (χ4v) is 2.57. The molecule has 2 unspecified atom stereocenters. The van der Waals surface area contributed by atoms with Crippen LogP contribution in [0, 0.1) is 0 Å². The van der Waals surface area contributed by atoms with E-state index in [4.69, 9.17) is 9.47 Å². The molecule has 1 amide bonds. The van der Waals surface area contributed by atoms with Crippen molar-refractivity contribution in [2.24, 2.45) is 0 Å². The number of hydrogen-bond donors (Lipinski definition) is 2. The minimum Gasteiger partial charge on any atom is -0.451 e. The Morgan fingerprint density at radius 3 is 2.69 bits per heavy atom. The van der Waals surface area contributed by atoms with Crippen molar-refractivity contribution >= 4 is 17.7 Å². The van der Waals surface area contributed by atoms with Gasteiger partial charge in [-0.1, -0.05) is 18.2 Å². The Labute approximate surface area is 148 Å². The summed E-state index contributed by atoms with van der Waals surface area (Å²) in [5.74, 6) is -0.909. The number of aromatic nitrogens is 2. The van der Waals surface area contributed by atoms with Gasteiger partial charge in [0.2, 0.25) is 5.91 Å². The molecule has 9 nitrogen and oxygen atoms in total. The smallest absolute Gasteiger partial charge is 0.351 e. The van der Waals surface area contributed by atoms with Gasteiger partial charge in [0.25, 0.3) is 0 Å². The number of rotatable bonds is 4. The molecule has 1 fully saturated rings. The van der Waals surface area contributed by atoms with Crippen LogP contribution in [0.1, 0.15) is 23.5 Å². The van der Waals surface area contributed by atoms with E-state index in [9.17, 15) is 19.5 Å². The van der Waals surface area contributed by atoms with Gasteiger partial charge in [-0.3, -0.25) is 9.36 Å². The summed E-state index contributed by atoms with van der Waals surface area (Å²) in [5.41, 5.74) is -0.395. The topological polar surface area (TPSA) is 120 Å². The highest BCUT2D eigenvalue weighted by molar-refractivity contribution is 5.89. The van der Waals surface area contributed by atoms with Gasteiger partial charge >= 0.3 is 11.7 Å². The first-order valence-corrected chi connectivity index (χ1v) is 7.88. The second kappa shape index (κ2) is 7.46. The molecule has 0 bridgehead atoms. The SMILES string of the molecule is CC(=O)Nc1ccn([C@@H]2OCC(O)C2OC(=O)c2ccccc2)c(=O)n1. The monoisotopic (exact) mass is 359 g/mol. The third-order valence-corrected chi connectivity index (χ3v) is 3.76. The largest absolute Gasteiger partial charge is 0.451 e. The van der Waals surface area contributed by atoms with E-state index in [-0.39, 0.29) is 18.3 Å². The van der Waals surface area contributed by atoms with E-state index in [1.54, 1.807) is 30.3 Å². The highest BCUT2D eigenvalue weighted by Crippen LogP contribution is 2.27. The predicted octanol–water partition coefficient (Wildman–Crippen LogP) is 0.317. The maximum absolute atomic E-state index is 12.2. The average molecular weight is 359 g/mol. The van der Waals surface area contributed by atoms with Crippen LogP contribution in [0.2, 0.25) is 0 Å². The summed E-state index contributed by atoms with van der Waals surface area (Å²) in [6.07, 6.45) is -1.83. The fraction of sp³-hybridized carbons (Fsp3) is 0.294. The number of esters is 1. The zero-order chi connectivity index (χ0) is 18.7. The zero-order valence-electron chi connectivity index (χ0n) is 13.9. The third kappa shape index (κ3) is 3.79. The first kappa shape index (κ1) is 17.8. The summed E-state index contributed by atoms with van der Waals surface area (Å²) in [7, 11) is 0. The maximum Gasteiger partial charge on any atom is 0.351 e. The second-order valence-corrected chi connectivity index (χ2v) is 5.71. The summed E-state index contributed by atoms with van der Waals surface area (Å²) < 4.78 is 11.9. The number of hydrogen-bond acceptors (Lipinski definition) is 7. The minimum absolute atomic E-state index is 0.0927. The lowest BCUT2D eigenvalue weighted by molar-refractivity contribution is -0.114. The van der Waals surface area contributed by atoms with Crippen molar-refractivity contribution in [1.29, 1.82) is 0 Å². The van der Waals surface area contributed by atoms with Gasteiger partial charge in [-0.2, -0.15) is 4.98 Å². The van der Waals surface area contributed by atoms with Crippen molar-refractivity contribution in [2.45, 2.75) is 25.4 Å². The van der Waals surface area contributed by atoms with Crippen LogP contribution in [-0.2, 0) is 14.3 Å². The second-order valence-electron chi connectivity index (χ2n) is 5.71. The van der Waals surface area contributed by atoms with Crippen LogP contribution in [0.5, 0.6) is 0 Å². The van der Waals surface area contributed by atoms with E-state index in [0.29, 0.717) is 5.56 Å². The maximum atomic E-state index is 12.2. The number of benzene rings is 1. The van der Waals surface area contributed by atoms with E-state index in [2.05, 4.69) is 10.3 Å².